The Hall–Kier alpha value is -1.84. The van der Waals surface area contributed by atoms with Gasteiger partial charge < -0.3 is 9.67 Å². The lowest BCUT2D eigenvalue weighted by Gasteiger charge is -2.20. The molecule has 0 aliphatic carbocycles. The average Bonchev–Trinajstić information content (AvgIpc) is 2.64. The van der Waals surface area contributed by atoms with Crippen molar-refractivity contribution in [1.82, 2.24) is 4.57 Å². The van der Waals surface area contributed by atoms with Crippen LogP contribution in [0.15, 0.2) is 24.3 Å². The Labute approximate surface area is 111 Å². The van der Waals surface area contributed by atoms with E-state index >= 15 is 0 Å². The van der Waals surface area contributed by atoms with Crippen LogP contribution in [0.5, 0.6) is 0 Å². The fraction of sp³-hybridized carbons (Fsp3) is 0.400. The molecule has 1 N–H and O–H groups in total. The van der Waals surface area contributed by atoms with Gasteiger partial charge in [0.25, 0.3) is 0 Å². The molecule has 0 bridgehead atoms. The summed E-state index contributed by atoms with van der Waals surface area (Å²) in [5, 5.41) is 10.2. The first-order valence-corrected chi connectivity index (χ1v) is 6.36. The van der Waals surface area contributed by atoms with Crippen molar-refractivity contribution in [3.05, 3.63) is 35.8 Å². The number of fused-ring (bicyclic) bond motifs is 1. The SMILES string of the molecule is CCn1c(CC(C)(C)C(=O)O)cc2ccc(F)cc21. The number of carboxylic acid groups (broad SMARTS) is 1. The van der Waals surface area contributed by atoms with E-state index in [9.17, 15) is 14.3 Å². The highest BCUT2D eigenvalue weighted by Gasteiger charge is 2.29. The lowest BCUT2D eigenvalue weighted by molar-refractivity contribution is -0.146. The van der Waals surface area contributed by atoms with Crippen molar-refractivity contribution in [2.75, 3.05) is 0 Å². The molecule has 0 aliphatic rings. The van der Waals surface area contributed by atoms with E-state index in [0.29, 0.717) is 13.0 Å². The standard InChI is InChI=1S/C15H18FNO2/c1-4-17-12(9-15(2,3)14(18)19)7-10-5-6-11(16)8-13(10)17/h5-8H,4,9H2,1-3H3,(H,18,19). The molecular formula is C15H18FNO2. The summed E-state index contributed by atoms with van der Waals surface area (Å²) in [5.74, 6) is -1.10. The normalized spacial score (nSPS) is 12.0. The first-order valence-electron chi connectivity index (χ1n) is 6.36. The molecule has 0 spiro atoms. The number of benzene rings is 1. The monoisotopic (exact) mass is 263 g/mol. The molecule has 2 rings (SSSR count). The Bertz CT molecular complexity index is 628. The largest absolute Gasteiger partial charge is 0.481 e. The number of carbonyl (C=O) groups is 1. The lowest BCUT2D eigenvalue weighted by atomic mass is 9.88. The van der Waals surface area contributed by atoms with Crippen LogP contribution in [0.1, 0.15) is 26.5 Å². The highest BCUT2D eigenvalue weighted by Crippen LogP contribution is 2.27. The zero-order chi connectivity index (χ0) is 14.2. The summed E-state index contributed by atoms with van der Waals surface area (Å²) in [6.07, 6.45) is 0.423. The first-order chi connectivity index (χ1) is 8.85. The van der Waals surface area contributed by atoms with Crippen molar-refractivity contribution in [1.29, 1.82) is 0 Å². The second-order valence-corrected chi connectivity index (χ2v) is 5.45. The number of halogens is 1. The van der Waals surface area contributed by atoms with Crippen molar-refractivity contribution >= 4 is 16.9 Å². The summed E-state index contributed by atoms with van der Waals surface area (Å²) in [6.45, 7) is 6.07. The molecule has 102 valence electrons. The maximum atomic E-state index is 13.3. The van der Waals surface area contributed by atoms with Crippen molar-refractivity contribution in [2.45, 2.75) is 33.7 Å². The molecule has 4 heteroatoms. The summed E-state index contributed by atoms with van der Waals surface area (Å²) in [6, 6.07) is 6.60. The minimum Gasteiger partial charge on any atom is -0.481 e. The zero-order valence-corrected chi connectivity index (χ0v) is 11.4. The molecule has 0 aliphatic heterocycles. The molecule has 1 aromatic heterocycles. The molecule has 19 heavy (non-hydrogen) atoms. The molecule has 0 saturated carbocycles. The Balaban J connectivity index is 2.52. The molecule has 2 aromatic rings. The van der Waals surface area contributed by atoms with Crippen LogP contribution < -0.4 is 0 Å². The summed E-state index contributed by atoms with van der Waals surface area (Å²) < 4.78 is 15.3. The van der Waals surface area contributed by atoms with Crippen molar-refractivity contribution in [2.24, 2.45) is 5.41 Å². The van der Waals surface area contributed by atoms with Gasteiger partial charge in [-0.05, 0) is 45.0 Å². The fourth-order valence-electron chi connectivity index (χ4n) is 2.33. The van der Waals surface area contributed by atoms with E-state index in [0.717, 1.165) is 16.6 Å². The van der Waals surface area contributed by atoms with Gasteiger partial charge in [-0.3, -0.25) is 4.79 Å². The van der Waals surface area contributed by atoms with E-state index < -0.39 is 11.4 Å². The fourth-order valence-corrected chi connectivity index (χ4v) is 2.33. The van der Waals surface area contributed by atoms with Gasteiger partial charge in [0.15, 0.2) is 0 Å². The quantitative estimate of drug-likeness (QED) is 0.918. The van der Waals surface area contributed by atoms with Gasteiger partial charge in [-0.15, -0.1) is 0 Å². The molecule has 0 atom stereocenters. The molecule has 1 heterocycles. The molecule has 0 unspecified atom stereocenters. The Kier molecular flexibility index (Phi) is 3.35. The molecule has 0 amide bonds. The zero-order valence-electron chi connectivity index (χ0n) is 11.4. The van der Waals surface area contributed by atoms with Gasteiger partial charge in [0, 0.05) is 24.0 Å². The van der Waals surface area contributed by atoms with Crippen molar-refractivity contribution in [3.8, 4) is 0 Å². The number of aryl methyl sites for hydroxylation is 1. The number of carboxylic acids is 1. The van der Waals surface area contributed by atoms with E-state index in [1.165, 1.54) is 12.1 Å². The van der Waals surface area contributed by atoms with E-state index in [1.807, 2.05) is 17.6 Å². The first kappa shape index (κ1) is 13.6. The summed E-state index contributed by atoms with van der Waals surface area (Å²) in [4.78, 5) is 11.2. The number of hydrogen-bond donors (Lipinski definition) is 1. The van der Waals surface area contributed by atoms with E-state index in [2.05, 4.69) is 0 Å². The Morgan fingerprint density at radius 1 is 1.37 bits per heavy atom. The minimum atomic E-state index is -0.833. The molecule has 1 aromatic carbocycles. The lowest BCUT2D eigenvalue weighted by Crippen LogP contribution is -2.27. The number of rotatable bonds is 4. The second-order valence-electron chi connectivity index (χ2n) is 5.45. The number of aromatic nitrogens is 1. The van der Waals surface area contributed by atoms with Crippen molar-refractivity contribution in [3.63, 3.8) is 0 Å². The number of hydrogen-bond acceptors (Lipinski definition) is 1. The molecule has 0 fully saturated rings. The molecule has 3 nitrogen and oxygen atoms in total. The molecule has 0 radical (unpaired) electrons. The summed E-state index contributed by atoms with van der Waals surface area (Å²) >= 11 is 0. The van der Waals surface area contributed by atoms with Gasteiger partial charge in [0.2, 0.25) is 0 Å². The molecule has 0 saturated heterocycles. The third-order valence-electron chi connectivity index (χ3n) is 3.47. The van der Waals surface area contributed by atoms with Crippen LogP contribution in [0.3, 0.4) is 0 Å². The van der Waals surface area contributed by atoms with Crippen molar-refractivity contribution < 1.29 is 14.3 Å². The van der Waals surface area contributed by atoms with Crippen LogP contribution in [0, 0.1) is 11.2 Å². The van der Waals surface area contributed by atoms with Crippen LogP contribution in [0.4, 0.5) is 4.39 Å². The maximum Gasteiger partial charge on any atom is 0.309 e. The minimum absolute atomic E-state index is 0.274. The van der Waals surface area contributed by atoms with Crippen LogP contribution >= 0.6 is 0 Å². The van der Waals surface area contributed by atoms with E-state index in [-0.39, 0.29) is 5.82 Å². The van der Waals surface area contributed by atoms with Crippen LogP contribution in [-0.4, -0.2) is 15.6 Å². The predicted octanol–water partition coefficient (Wildman–Crippen LogP) is 3.45. The maximum absolute atomic E-state index is 13.3. The third-order valence-corrected chi connectivity index (χ3v) is 3.47. The molecular weight excluding hydrogens is 245 g/mol. The van der Waals surface area contributed by atoms with Gasteiger partial charge >= 0.3 is 5.97 Å². The highest BCUT2D eigenvalue weighted by atomic mass is 19.1. The van der Waals surface area contributed by atoms with Gasteiger partial charge in [0.1, 0.15) is 5.82 Å². The second kappa shape index (κ2) is 4.68. The van der Waals surface area contributed by atoms with E-state index in [4.69, 9.17) is 0 Å². The summed E-state index contributed by atoms with van der Waals surface area (Å²) in [5.41, 5.74) is 0.911. The summed E-state index contributed by atoms with van der Waals surface area (Å²) in [7, 11) is 0. The van der Waals surface area contributed by atoms with E-state index in [1.54, 1.807) is 19.9 Å². The third kappa shape index (κ3) is 2.48. The van der Waals surface area contributed by atoms with Gasteiger partial charge in [0.05, 0.1) is 10.9 Å². The Morgan fingerprint density at radius 3 is 2.63 bits per heavy atom. The highest BCUT2D eigenvalue weighted by molar-refractivity contribution is 5.82. The number of nitrogens with zero attached hydrogens (tertiary/aromatic N) is 1. The smallest absolute Gasteiger partial charge is 0.309 e. The van der Waals surface area contributed by atoms with Gasteiger partial charge in [-0.2, -0.15) is 0 Å². The topological polar surface area (TPSA) is 42.2 Å². The predicted molar refractivity (Wildman–Crippen MR) is 72.7 cm³/mol. The Morgan fingerprint density at radius 2 is 2.05 bits per heavy atom. The van der Waals surface area contributed by atoms with Gasteiger partial charge in [-0.25, -0.2) is 4.39 Å². The van der Waals surface area contributed by atoms with Gasteiger partial charge in [-0.1, -0.05) is 0 Å². The van der Waals surface area contributed by atoms with Crippen LogP contribution in [0.25, 0.3) is 10.9 Å². The average molecular weight is 263 g/mol. The number of aliphatic carboxylic acids is 1. The van der Waals surface area contributed by atoms with Crippen LogP contribution in [0.2, 0.25) is 0 Å². The van der Waals surface area contributed by atoms with Crippen LogP contribution in [-0.2, 0) is 17.8 Å².